The minimum atomic E-state index is -0.566. The molecule has 0 saturated carbocycles. The first-order chi connectivity index (χ1) is 8.66. The van der Waals surface area contributed by atoms with Gasteiger partial charge in [-0.1, -0.05) is 28.1 Å². The van der Waals surface area contributed by atoms with Crippen LogP contribution in [0.1, 0.15) is 5.56 Å². The maximum absolute atomic E-state index is 11.3. The molecule has 2 aromatic rings. The standard InChI is InChI=1S/C12H11BrN4O/c13-8-3-1-7(2-4-8)10-9-5-6-15-11(9)17(16-10)12(14)18/h1-4,15H,5-6H2,(H2,14,18). The van der Waals surface area contributed by atoms with E-state index in [-0.39, 0.29) is 0 Å². The highest BCUT2D eigenvalue weighted by Crippen LogP contribution is 2.32. The molecule has 3 rings (SSSR count). The van der Waals surface area contributed by atoms with E-state index in [1.807, 2.05) is 24.3 Å². The third-order valence-electron chi connectivity index (χ3n) is 2.98. The number of aromatic nitrogens is 2. The summed E-state index contributed by atoms with van der Waals surface area (Å²) in [5, 5.41) is 7.44. The number of halogens is 1. The van der Waals surface area contributed by atoms with E-state index < -0.39 is 6.03 Å². The first-order valence-corrected chi connectivity index (χ1v) is 6.37. The van der Waals surface area contributed by atoms with Gasteiger partial charge < -0.3 is 11.1 Å². The number of carbonyl (C=O) groups is 1. The van der Waals surface area contributed by atoms with Crippen molar-refractivity contribution in [1.82, 2.24) is 9.78 Å². The summed E-state index contributed by atoms with van der Waals surface area (Å²) in [5.74, 6) is 0.723. The Bertz CT molecular complexity index is 618. The molecule has 0 fully saturated rings. The lowest BCUT2D eigenvalue weighted by molar-refractivity contribution is 0.248. The quantitative estimate of drug-likeness (QED) is 0.848. The van der Waals surface area contributed by atoms with Gasteiger partial charge in [0.2, 0.25) is 0 Å². The lowest BCUT2D eigenvalue weighted by Crippen LogP contribution is -2.22. The fourth-order valence-corrected chi connectivity index (χ4v) is 2.44. The van der Waals surface area contributed by atoms with Crippen LogP contribution >= 0.6 is 15.9 Å². The zero-order valence-electron chi connectivity index (χ0n) is 9.48. The summed E-state index contributed by atoms with van der Waals surface area (Å²) in [6.07, 6.45) is 0.855. The fraction of sp³-hybridized carbons (Fsp3) is 0.167. The van der Waals surface area contributed by atoms with Crippen LogP contribution in [0.2, 0.25) is 0 Å². The molecule has 6 heteroatoms. The van der Waals surface area contributed by atoms with Gasteiger partial charge in [-0.25, -0.2) is 4.79 Å². The molecule has 0 radical (unpaired) electrons. The number of hydrogen-bond donors (Lipinski definition) is 2. The minimum absolute atomic E-state index is 0.566. The van der Waals surface area contributed by atoms with Gasteiger partial charge in [0.1, 0.15) is 5.82 Å². The third kappa shape index (κ3) is 1.69. The SMILES string of the molecule is NC(=O)n1nc(-c2ccc(Br)cc2)c2c1NCC2. The number of fused-ring (bicyclic) bond motifs is 1. The maximum atomic E-state index is 11.3. The van der Waals surface area contributed by atoms with E-state index in [0.29, 0.717) is 0 Å². The number of nitrogens with zero attached hydrogens (tertiary/aromatic N) is 2. The van der Waals surface area contributed by atoms with E-state index in [1.165, 1.54) is 4.68 Å². The Balaban J connectivity index is 2.15. The van der Waals surface area contributed by atoms with Gasteiger partial charge in [0.25, 0.3) is 0 Å². The molecular formula is C12H11BrN4O. The van der Waals surface area contributed by atoms with Crippen molar-refractivity contribution in [1.29, 1.82) is 0 Å². The number of carbonyl (C=O) groups excluding carboxylic acids is 1. The highest BCUT2D eigenvalue weighted by Gasteiger charge is 2.24. The molecule has 2 heterocycles. The number of nitrogens with two attached hydrogens (primary N) is 1. The Morgan fingerprint density at radius 1 is 1.39 bits per heavy atom. The Morgan fingerprint density at radius 3 is 2.78 bits per heavy atom. The maximum Gasteiger partial charge on any atom is 0.341 e. The molecule has 3 N–H and O–H groups in total. The van der Waals surface area contributed by atoms with Crippen LogP contribution in [-0.2, 0) is 6.42 Å². The monoisotopic (exact) mass is 306 g/mol. The molecule has 18 heavy (non-hydrogen) atoms. The summed E-state index contributed by atoms with van der Waals surface area (Å²) in [6, 6.07) is 7.28. The van der Waals surface area contributed by atoms with Gasteiger partial charge >= 0.3 is 6.03 Å². The molecule has 0 spiro atoms. The zero-order chi connectivity index (χ0) is 12.7. The van der Waals surface area contributed by atoms with Crippen molar-refractivity contribution in [3.8, 4) is 11.3 Å². The van der Waals surface area contributed by atoms with E-state index in [2.05, 4.69) is 26.3 Å². The van der Waals surface area contributed by atoms with Gasteiger partial charge in [0.05, 0.1) is 5.69 Å². The van der Waals surface area contributed by atoms with E-state index in [0.717, 1.165) is 40.1 Å². The first-order valence-electron chi connectivity index (χ1n) is 5.58. The minimum Gasteiger partial charge on any atom is -0.369 e. The molecule has 0 saturated heterocycles. The van der Waals surface area contributed by atoms with Crippen LogP contribution in [0.3, 0.4) is 0 Å². The van der Waals surface area contributed by atoms with Crippen molar-refractivity contribution < 1.29 is 4.79 Å². The molecule has 0 bridgehead atoms. The van der Waals surface area contributed by atoms with Crippen molar-refractivity contribution in [2.24, 2.45) is 5.73 Å². The lowest BCUT2D eigenvalue weighted by atomic mass is 10.1. The van der Waals surface area contributed by atoms with Gasteiger partial charge in [0.15, 0.2) is 0 Å². The Labute approximate surface area is 112 Å². The summed E-state index contributed by atoms with van der Waals surface area (Å²) in [5.41, 5.74) is 8.17. The van der Waals surface area contributed by atoms with Gasteiger partial charge in [-0.2, -0.15) is 9.78 Å². The summed E-state index contributed by atoms with van der Waals surface area (Å²) in [6.45, 7) is 0.810. The smallest absolute Gasteiger partial charge is 0.341 e. The predicted octanol–water partition coefficient (Wildman–Crippen LogP) is 2.21. The Kier molecular flexibility index (Phi) is 2.59. The van der Waals surface area contributed by atoms with Crippen LogP contribution < -0.4 is 11.1 Å². The van der Waals surface area contributed by atoms with Gasteiger partial charge in [-0.05, 0) is 18.6 Å². The summed E-state index contributed by atoms with van der Waals surface area (Å²) < 4.78 is 2.25. The van der Waals surface area contributed by atoms with Crippen LogP contribution in [0.15, 0.2) is 28.7 Å². The molecule has 0 aliphatic carbocycles. The van der Waals surface area contributed by atoms with Crippen LogP contribution in [0.25, 0.3) is 11.3 Å². The Morgan fingerprint density at radius 2 is 2.11 bits per heavy atom. The number of amides is 1. The van der Waals surface area contributed by atoms with Crippen molar-refractivity contribution >= 4 is 27.8 Å². The molecule has 0 unspecified atom stereocenters. The number of benzene rings is 1. The van der Waals surface area contributed by atoms with Crippen LogP contribution in [0.5, 0.6) is 0 Å². The molecule has 1 aliphatic rings. The van der Waals surface area contributed by atoms with Crippen molar-refractivity contribution in [3.63, 3.8) is 0 Å². The van der Waals surface area contributed by atoms with Gasteiger partial charge in [-0.15, -0.1) is 0 Å². The van der Waals surface area contributed by atoms with Crippen molar-refractivity contribution in [2.75, 3.05) is 11.9 Å². The highest BCUT2D eigenvalue weighted by molar-refractivity contribution is 9.10. The molecule has 0 atom stereocenters. The molecule has 1 amide bonds. The molecule has 1 aromatic carbocycles. The number of nitrogens with one attached hydrogen (secondary N) is 1. The average Bonchev–Trinajstić information content (AvgIpc) is 2.91. The fourth-order valence-electron chi connectivity index (χ4n) is 2.17. The molecule has 5 nitrogen and oxygen atoms in total. The normalized spacial score (nSPS) is 13.2. The van der Waals surface area contributed by atoms with Crippen LogP contribution in [0.4, 0.5) is 10.6 Å². The summed E-state index contributed by atoms with van der Waals surface area (Å²) >= 11 is 3.40. The zero-order valence-corrected chi connectivity index (χ0v) is 11.1. The highest BCUT2D eigenvalue weighted by atomic mass is 79.9. The van der Waals surface area contributed by atoms with Crippen LogP contribution in [0, 0.1) is 0 Å². The molecular weight excluding hydrogens is 296 g/mol. The molecule has 1 aliphatic heterocycles. The van der Waals surface area contributed by atoms with E-state index >= 15 is 0 Å². The predicted molar refractivity (Wildman–Crippen MR) is 72.5 cm³/mol. The topological polar surface area (TPSA) is 72.9 Å². The molecule has 1 aromatic heterocycles. The van der Waals surface area contributed by atoms with E-state index in [9.17, 15) is 4.79 Å². The Hall–Kier alpha value is -1.82. The summed E-state index contributed by atoms with van der Waals surface area (Å²) in [7, 11) is 0. The third-order valence-corrected chi connectivity index (χ3v) is 3.51. The number of rotatable bonds is 1. The largest absolute Gasteiger partial charge is 0.369 e. The van der Waals surface area contributed by atoms with E-state index in [4.69, 9.17) is 5.73 Å². The number of primary amides is 1. The van der Waals surface area contributed by atoms with Gasteiger partial charge in [0, 0.05) is 22.1 Å². The number of hydrogen-bond acceptors (Lipinski definition) is 3. The molecule has 92 valence electrons. The second kappa shape index (κ2) is 4.13. The number of anilines is 1. The summed E-state index contributed by atoms with van der Waals surface area (Å²) in [4.78, 5) is 11.3. The lowest BCUT2D eigenvalue weighted by Gasteiger charge is -2.00. The van der Waals surface area contributed by atoms with Crippen molar-refractivity contribution in [2.45, 2.75) is 6.42 Å². The first kappa shape index (κ1) is 11.3. The van der Waals surface area contributed by atoms with Crippen LogP contribution in [-0.4, -0.2) is 22.4 Å². The van der Waals surface area contributed by atoms with Gasteiger partial charge in [-0.3, -0.25) is 0 Å². The second-order valence-electron chi connectivity index (χ2n) is 4.11. The van der Waals surface area contributed by atoms with Crippen molar-refractivity contribution in [3.05, 3.63) is 34.3 Å². The van der Waals surface area contributed by atoms with E-state index in [1.54, 1.807) is 0 Å². The average molecular weight is 307 g/mol. The second-order valence-corrected chi connectivity index (χ2v) is 5.03.